The molecule has 1 aromatic carbocycles. The highest BCUT2D eigenvalue weighted by atomic mass is 35.5. The van der Waals surface area contributed by atoms with Gasteiger partial charge in [-0.05, 0) is 43.0 Å². The van der Waals surface area contributed by atoms with Gasteiger partial charge in [0.15, 0.2) is 0 Å². The molecule has 0 saturated heterocycles. The van der Waals surface area contributed by atoms with Gasteiger partial charge in [-0.3, -0.25) is 0 Å². The molecule has 0 aliphatic heterocycles. The minimum Gasteiger partial charge on any atom is -0.381 e. The van der Waals surface area contributed by atoms with Gasteiger partial charge in [0.1, 0.15) is 5.82 Å². The minimum atomic E-state index is -0.251. The molecule has 4 heteroatoms. The molecule has 0 aliphatic rings. The lowest BCUT2D eigenvalue weighted by molar-refractivity contribution is 0.127. The van der Waals surface area contributed by atoms with Gasteiger partial charge in [-0.1, -0.05) is 18.5 Å². The Balaban J connectivity index is 2.39. The van der Waals surface area contributed by atoms with Crippen molar-refractivity contribution in [1.82, 2.24) is 0 Å². The van der Waals surface area contributed by atoms with Crippen LogP contribution in [0.3, 0.4) is 0 Å². The van der Waals surface area contributed by atoms with Crippen LogP contribution in [0.1, 0.15) is 25.3 Å². The average Bonchev–Trinajstić information content (AvgIpc) is 2.29. The van der Waals surface area contributed by atoms with Crippen molar-refractivity contribution in [3.8, 4) is 0 Å². The fourth-order valence-electron chi connectivity index (χ4n) is 1.57. The zero-order valence-electron chi connectivity index (χ0n) is 10.1. The van der Waals surface area contributed by atoms with Crippen LogP contribution in [0.2, 0.25) is 5.02 Å². The summed E-state index contributed by atoms with van der Waals surface area (Å²) < 4.78 is 18.8. The molecular formula is C13H19ClFNO. The summed E-state index contributed by atoms with van der Waals surface area (Å²) in [5, 5.41) is 0.538. The second-order valence-corrected chi connectivity index (χ2v) is 4.54. The largest absolute Gasteiger partial charge is 0.381 e. The van der Waals surface area contributed by atoms with Gasteiger partial charge in [-0.15, -0.1) is 0 Å². The molecule has 0 aliphatic carbocycles. The van der Waals surface area contributed by atoms with Gasteiger partial charge in [-0.25, -0.2) is 4.39 Å². The molecule has 1 atom stereocenters. The van der Waals surface area contributed by atoms with E-state index in [1.165, 1.54) is 12.1 Å². The number of hydrogen-bond acceptors (Lipinski definition) is 2. The Morgan fingerprint density at radius 1 is 1.41 bits per heavy atom. The van der Waals surface area contributed by atoms with E-state index in [2.05, 4.69) is 6.92 Å². The Morgan fingerprint density at radius 2 is 2.18 bits per heavy atom. The number of rotatable bonds is 7. The maximum atomic E-state index is 13.4. The highest BCUT2D eigenvalue weighted by Crippen LogP contribution is 2.16. The first-order valence-electron chi connectivity index (χ1n) is 5.90. The zero-order valence-corrected chi connectivity index (χ0v) is 10.8. The van der Waals surface area contributed by atoms with Crippen molar-refractivity contribution in [3.05, 3.63) is 34.6 Å². The zero-order chi connectivity index (χ0) is 12.7. The molecule has 0 fully saturated rings. The fraction of sp³-hybridized carbons (Fsp3) is 0.538. The summed E-state index contributed by atoms with van der Waals surface area (Å²) in [6, 6.07) is 4.44. The lowest BCUT2D eigenvalue weighted by Gasteiger charge is -2.12. The molecule has 1 unspecified atom stereocenters. The van der Waals surface area contributed by atoms with E-state index in [1.54, 1.807) is 6.07 Å². The molecule has 0 aromatic heterocycles. The van der Waals surface area contributed by atoms with Gasteiger partial charge in [-0.2, -0.15) is 0 Å². The van der Waals surface area contributed by atoms with Crippen molar-refractivity contribution in [2.45, 2.75) is 32.2 Å². The van der Waals surface area contributed by atoms with Crippen LogP contribution in [0, 0.1) is 5.82 Å². The maximum absolute atomic E-state index is 13.4. The number of hydrogen-bond donors (Lipinski definition) is 1. The van der Waals surface area contributed by atoms with Crippen molar-refractivity contribution in [1.29, 1.82) is 0 Å². The van der Waals surface area contributed by atoms with Crippen molar-refractivity contribution >= 4 is 11.6 Å². The van der Waals surface area contributed by atoms with Crippen molar-refractivity contribution in [3.63, 3.8) is 0 Å². The van der Waals surface area contributed by atoms with Crippen LogP contribution in [0.4, 0.5) is 4.39 Å². The predicted molar refractivity (Wildman–Crippen MR) is 68.8 cm³/mol. The Kier molecular flexibility index (Phi) is 6.48. The quantitative estimate of drug-likeness (QED) is 0.764. The molecule has 0 saturated carbocycles. The van der Waals surface area contributed by atoms with Gasteiger partial charge >= 0.3 is 0 Å². The first-order chi connectivity index (χ1) is 8.13. The van der Waals surface area contributed by atoms with Gasteiger partial charge in [0.05, 0.1) is 0 Å². The number of halogens is 2. The lowest BCUT2D eigenvalue weighted by Crippen LogP contribution is -2.25. The van der Waals surface area contributed by atoms with Crippen LogP contribution < -0.4 is 5.73 Å². The molecule has 2 N–H and O–H groups in total. The first-order valence-corrected chi connectivity index (χ1v) is 6.28. The summed E-state index contributed by atoms with van der Waals surface area (Å²) >= 11 is 5.81. The van der Waals surface area contributed by atoms with E-state index in [-0.39, 0.29) is 11.9 Å². The predicted octanol–water partition coefficient (Wildman–Crippen LogP) is 3.17. The molecule has 0 radical (unpaired) electrons. The van der Waals surface area contributed by atoms with E-state index in [0.717, 1.165) is 19.4 Å². The molecule has 1 aromatic rings. The maximum Gasteiger partial charge on any atom is 0.126 e. The molecule has 0 heterocycles. The highest BCUT2D eigenvalue weighted by Gasteiger charge is 2.09. The fourth-order valence-corrected chi connectivity index (χ4v) is 1.76. The highest BCUT2D eigenvalue weighted by molar-refractivity contribution is 6.30. The molecule has 2 nitrogen and oxygen atoms in total. The second kappa shape index (κ2) is 7.64. The normalized spacial score (nSPS) is 12.7. The van der Waals surface area contributed by atoms with E-state index in [9.17, 15) is 4.39 Å². The third-order valence-electron chi connectivity index (χ3n) is 2.47. The van der Waals surface area contributed by atoms with Crippen molar-refractivity contribution < 1.29 is 9.13 Å². The smallest absolute Gasteiger partial charge is 0.126 e. The second-order valence-electron chi connectivity index (χ2n) is 4.10. The van der Waals surface area contributed by atoms with Crippen LogP contribution >= 0.6 is 11.6 Å². The molecular weight excluding hydrogens is 241 g/mol. The number of nitrogens with two attached hydrogens (primary N) is 1. The molecule has 0 amide bonds. The van der Waals surface area contributed by atoms with E-state index in [0.29, 0.717) is 23.6 Å². The van der Waals surface area contributed by atoms with E-state index < -0.39 is 0 Å². The third-order valence-corrected chi connectivity index (χ3v) is 2.71. The Morgan fingerprint density at radius 3 is 2.88 bits per heavy atom. The summed E-state index contributed by atoms with van der Waals surface area (Å²) in [7, 11) is 0. The van der Waals surface area contributed by atoms with E-state index in [1.807, 2.05) is 0 Å². The van der Waals surface area contributed by atoms with Crippen LogP contribution in [0.15, 0.2) is 18.2 Å². The van der Waals surface area contributed by atoms with Gasteiger partial charge in [0, 0.05) is 24.3 Å². The molecule has 0 bridgehead atoms. The first kappa shape index (κ1) is 14.4. The average molecular weight is 260 g/mol. The lowest BCUT2D eigenvalue weighted by atomic mass is 10.0. The Bertz CT molecular complexity index is 346. The summed E-state index contributed by atoms with van der Waals surface area (Å²) in [5.74, 6) is -0.251. The monoisotopic (exact) mass is 259 g/mol. The summed E-state index contributed by atoms with van der Waals surface area (Å²) in [4.78, 5) is 0. The minimum absolute atomic E-state index is 0.0974. The van der Waals surface area contributed by atoms with Gasteiger partial charge in [0.25, 0.3) is 0 Å². The standard InChI is InChI=1S/C13H19ClFNO/c1-2-6-17-7-5-12(16)9-10-8-11(14)3-4-13(10)15/h3-4,8,12H,2,5-7,9,16H2,1H3. The number of benzene rings is 1. The molecule has 17 heavy (non-hydrogen) atoms. The van der Waals surface area contributed by atoms with Crippen LogP contribution in [0.25, 0.3) is 0 Å². The van der Waals surface area contributed by atoms with Gasteiger partial charge < -0.3 is 10.5 Å². The van der Waals surface area contributed by atoms with Crippen molar-refractivity contribution in [2.75, 3.05) is 13.2 Å². The van der Waals surface area contributed by atoms with Crippen LogP contribution in [-0.2, 0) is 11.2 Å². The van der Waals surface area contributed by atoms with E-state index >= 15 is 0 Å². The summed E-state index contributed by atoms with van der Waals surface area (Å²) in [6.45, 7) is 3.43. The molecule has 96 valence electrons. The Labute approximate surface area is 107 Å². The SMILES string of the molecule is CCCOCCC(N)Cc1cc(Cl)ccc1F. The Hall–Kier alpha value is -0.640. The summed E-state index contributed by atoms with van der Waals surface area (Å²) in [6.07, 6.45) is 2.21. The van der Waals surface area contributed by atoms with Crippen molar-refractivity contribution in [2.24, 2.45) is 5.73 Å². The van der Waals surface area contributed by atoms with Gasteiger partial charge in [0.2, 0.25) is 0 Å². The third kappa shape index (κ3) is 5.48. The van der Waals surface area contributed by atoms with Crippen LogP contribution in [-0.4, -0.2) is 19.3 Å². The molecule has 0 spiro atoms. The molecule has 1 rings (SSSR count). The summed E-state index contributed by atoms with van der Waals surface area (Å²) in [5.41, 5.74) is 6.49. The van der Waals surface area contributed by atoms with E-state index in [4.69, 9.17) is 22.1 Å². The topological polar surface area (TPSA) is 35.2 Å². The number of ether oxygens (including phenoxy) is 1. The van der Waals surface area contributed by atoms with Crippen LogP contribution in [0.5, 0.6) is 0 Å².